The predicted molar refractivity (Wildman–Crippen MR) is 102 cm³/mol. The molecular formula is C20H31F3O3S. The first-order valence-electron chi connectivity index (χ1n) is 9.27. The minimum Gasteiger partial charge on any atom is -0.263 e. The monoisotopic (exact) mass is 408 g/mol. The van der Waals surface area contributed by atoms with Gasteiger partial charge in [-0.2, -0.15) is 21.6 Å². The van der Waals surface area contributed by atoms with Gasteiger partial charge in [0.05, 0.1) is 6.61 Å². The van der Waals surface area contributed by atoms with Gasteiger partial charge >= 0.3 is 15.6 Å². The van der Waals surface area contributed by atoms with Crippen LogP contribution in [-0.2, 0) is 31.6 Å². The second-order valence-corrected chi connectivity index (χ2v) is 9.83. The quantitative estimate of drug-likeness (QED) is 0.292. The van der Waals surface area contributed by atoms with Gasteiger partial charge in [-0.1, -0.05) is 59.7 Å². The van der Waals surface area contributed by atoms with Crippen LogP contribution in [0.1, 0.15) is 77.5 Å². The van der Waals surface area contributed by atoms with Crippen molar-refractivity contribution in [3.63, 3.8) is 0 Å². The molecule has 0 aliphatic rings. The fourth-order valence-electron chi connectivity index (χ4n) is 2.54. The summed E-state index contributed by atoms with van der Waals surface area (Å²) in [5.74, 6) is 0. The molecule has 0 spiro atoms. The summed E-state index contributed by atoms with van der Waals surface area (Å²) in [6.45, 7) is 12.4. The lowest BCUT2D eigenvalue weighted by molar-refractivity contribution is -0.0542. The van der Waals surface area contributed by atoms with E-state index in [1.165, 1.54) is 11.1 Å². The minimum absolute atomic E-state index is 0.0231. The maximum Gasteiger partial charge on any atom is 0.523 e. The third-order valence-corrected chi connectivity index (χ3v) is 6.50. The molecule has 0 aliphatic carbocycles. The van der Waals surface area contributed by atoms with E-state index in [1.54, 1.807) is 0 Å². The number of halogens is 3. The molecule has 27 heavy (non-hydrogen) atoms. The Kier molecular flexibility index (Phi) is 7.56. The molecule has 0 aromatic heterocycles. The van der Waals surface area contributed by atoms with Crippen LogP contribution in [0.25, 0.3) is 0 Å². The zero-order chi connectivity index (χ0) is 21.1. The first kappa shape index (κ1) is 24.0. The van der Waals surface area contributed by atoms with Crippen molar-refractivity contribution in [2.24, 2.45) is 0 Å². The second-order valence-electron chi connectivity index (χ2n) is 8.22. The number of aryl methyl sites for hydroxylation is 1. The van der Waals surface area contributed by atoms with Crippen LogP contribution in [-0.4, -0.2) is 20.5 Å². The summed E-state index contributed by atoms with van der Waals surface area (Å²) in [5, 5.41) is 0. The fraction of sp³-hybridized carbons (Fsp3) is 0.700. The molecular weight excluding hydrogens is 377 g/mol. The summed E-state index contributed by atoms with van der Waals surface area (Å²) in [6.07, 6.45) is 2.55. The Balaban J connectivity index is 3.00. The molecule has 1 aromatic carbocycles. The van der Waals surface area contributed by atoms with Crippen molar-refractivity contribution < 1.29 is 25.8 Å². The fourth-order valence-corrected chi connectivity index (χ4v) is 3.01. The highest BCUT2D eigenvalue weighted by molar-refractivity contribution is 7.87. The average Bonchev–Trinajstić information content (AvgIpc) is 2.57. The zero-order valence-corrected chi connectivity index (χ0v) is 17.9. The van der Waals surface area contributed by atoms with E-state index >= 15 is 0 Å². The summed E-state index contributed by atoms with van der Waals surface area (Å²) in [7, 11) is -5.52. The van der Waals surface area contributed by atoms with E-state index in [-0.39, 0.29) is 17.3 Å². The Labute approximate surface area is 161 Å². The van der Waals surface area contributed by atoms with Gasteiger partial charge in [0.15, 0.2) is 0 Å². The Morgan fingerprint density at radius 2 is 1.33 bits per heavy atom. The zero-order valence-electron chi connectivity index (χ0n) is 17.0. The number of hydrogen-bond donors (Lipinski definition) is 0. The first-order chi connectivity index (χ1) is 12.2. The third kappa shape index (κ3) is 6.21. The van der Waals surface area contributed by atoms with E-state index < -0.39 is 22.2 Å². The van der Waals surface area contributed by atoms with E-state index in [0.717, 1.165) is 18.4 Å². The molecule has 0 saturated heterocycles. The van der Waals surface area contributed by atoms with Crippen LogP contribution >= 0.6 is 0 Å². The first-order valence-corrected chi connectivity index (χ1v) is 10.7. The SMILES string of the molecule is CCC(C)(C)c1cc(CCCOS(=O)(=O)C(F)(F)F)cc(C(C)(C)CC)c1. The van der Waals surface area contributed by atoms with Crippen molar-refractivity contribution in [2.75, 3.05) is 6.61 Å². The minimum atomic E-state index is -5.52. The highest BCUT2D eigenvalue weighted by Gasteiger charge is 2.47. The molecule has 7 heteroatoms. The van der Waals surface area contributed by atoms with E-state index in [9.17, 15) is 21.6 Å². The molecule has 0 amide bonds. The summed E-state index contributed by atoms with van der Waals surface area (Å²) in [4.78, 5) is 0. The largest absolute Gasteiger partial charge is 0.523 e. The van der Waals surface area contributed by atoms with Gasteiger partial charge in [-0.3, -0.25) is 4.18 Å². The maximum absolute atomic E-state index is 12.3. The smallest absolute Gasteiger partial charge is 0.263 e. The molecule has 0 bridgehead atoms. The van der Waals surface area contributed by atoms with Gasteiger partial charge in [0.1, 0.15) is 0 Å². The molecule has 0 fully saturated rings. The van der Waals surface area contributed by atoms with Crippen molar-refractivity contribution in [1.29, 1.82) is 0 Å². The van der Waals surface area contributed by atoms with Gasteiger partial charge in [-0.15, -0.1) is 0 Å². The van der Waals surface area contributed by atoms with Gasteiger partial charge in [0.2, 0.25) is 0 Å². The third-order valence-electron chi connectivity index (χ3n) is 5.46. The van der Waals surface area contributed by atoms with Crippen molar-refractivity contribution >= 4 is 10.1 Å². The van der Waals surface area contributed by atoms with Crippen molar-refractivity contribution in [3.8, 4) is 0 Å². The normalized spacial score (nSPS) is 13.8. The lowest BCUT2D eigenvalue weighted by Gasteiger charge is -2.29. The van der Waals surface area contributed by atoms with Crippen LogP contribution in [0.2, 0.25) is 0 Å². The van der Waals surface area contributed by atoms with Crippen LogP contribution in [0, 0.1) is 0 Å². The van der Waals surface area contributed by atoms with Gasteiger partial charge in [-0.05, 0) is 53.2 Å². The average molecular weight is 409 g/mol. The Morgan fingerprint density at radius 3 is 1.70 bits per heavy atom. The van der Waals surface area contributed by atoms with Crippen LogP contribution < -0.4 is 0 Å². The molecule has 0 atom stereocenters. The summed E-state index contributed by atoms with van der Waals surface area (Å²) in [6, 6.07) is 6.34. The van der Waals surface area contributed by atoms with Gasteiger partial charge in [0, 0.05) is 0 Å². The number of alkyl halides is 3. The molecule has 0 radical (unpaired) electrons. The lowest BCUT2D eigenvalue weighted by atomic mass is 9.75. The lowest BCUT2D eigenvalue weighted by Crippen LogP contribution is -2.26. The highest BCUT2D eigenvalue weighted by Crippen LogP contribution is 2.34. The molecule has 3 nitrogen and oxygen atoms in total. The number of rotatable bonds is 9. The molecule has 0 aliphatic heterocycles. The standard InChI is InChI=1S/C20H31F3O3S/c1-7-18(3,4)16-12-15(13-17(14-16)19(5,6)8-2)10-9-11-26-27(24,25)20(21,22)23/h12-14H,7-11H2,1-6H3. The van der Waals surface area contributed by atoms with Crippen molar-refractivity contribution in [2.45, 2.75) is 83.6 Å². The molecule has 0 heterocycles. The van der Waals surface area contributed by atoms with Crippen LogP contribution in [0.15, 0.2) is 18.2 Å². The highest BCUT2D eigenvalue weighted by atomic mass is 32.2. The summed E-state index contributed by atoms with van der Waals surface area (Å²) >= 11 is 0. The summed E-state index contributed by atoms with van der Waals surface area (Å²) < 4.78 is 63.0. The van der Waals surface area contributed by atoms with Gasteiger partial charge in [0.25, 0.3) is 0 Å². The van der Waals surface area contributed by atoms with Gasteiger partial charge < -0.3 is 0 Å². The molecule has 1 rings (SSSR count). The maximum atomic E-state index is 12.3. The predicted octanol–water partition coefficient (Wildman–Crippen LogP) is 5.86. The van der Waals surface area contributed by atoms with Crippen LogP contribution in [0.4, 0.5) is 13.2 Å². The van der Waals surface area contributed by atoms with E-state index in [2.05, 4.69) is 63.9 Å². The molecule has 0 N–H and O–H groups in total. The van der Waals surface area contributed by atoms with Crippen LogP contribution in [0.3, 0.4) is 0 Å². The van der Waals surface area contributed by atoms with E-state index in [0.29, 0.717) is 6.42 Å². The van der Waals surface area contributed by atoms with Crippen molar-refractivity contribution in [3.05, 3.63) is 34.9 Å². The summed E-state index contributed by atoms with van der Waals surface area (Å²) in [5.41, 5.74) is -2.07. The Bertz CT molecular complexity index is 701. The molecule has 1 aromatic rings. The topological polar surface area (TPSA) is 43.4 Å². The molecule has 0 saturated carbocycles. The van der Waals surface area contributed by atoms with Crippen molar-refractivity contribution in [1.82, 2.24) is 0 Å². The van der Waals surface area contributed by atoms with E-state index in [4.69, 9.17) is 0 Å². The Hall–Kier alpha value is -1.08. The number of hydrogen-bond acceptors (Lipinski definition) is 3. The van der Waals surface area contributed by atoms with Crippen LogP contribution in [0.5, 0.6) is 0 Å². The number of benzene rings is 1. The van der Waals surface area contributed by atoms with E-state index in [1.807, 2.05) is 0 Å². The Morgan fingerprint density at radius 1 is 0.889 bits per heavy atom. The molecule has 0 unspecified atom stereocenters. The molecule has 156 valence electrons. The second kappa shape index (κ2) is 8.52. The van der Waals surface area contributed by atoms with Gasteiger partial charge in [-0.25, -0.2) is 0 Å².